The van der Waals surface area contributed by atoms with Crippen LogP contribution in [-0.2, 0) is 0 Å². The van der Waals surface area contributed by atoms with E-state index in [4.69, 9.17) is 23.3 Å². The molecule has 0 spiro atoms. The molecule has 0 aliphatic carbocycles. The second kappa shape index (κ2) is 4.51. The fourth-order valence-electron chi connectivity index (χ4n) is 1.58. The van der Waals surface area contributed by atoms with Gasteiger partial charge in [-0.05, 0) is 36.2 Å². The number of carboxylic acids is 1. The molecule has 2 rings (SSSR count). The zero-order valence-electron chi connectivity index (χ0n) is 9.36. The fourth-order valence-corrected chi connectivity index (χ4v) is 1.81. The van der Waals surface area contributed by atoms with Gasteiger partial charge in [-0.3, -0.25) is 4.98 Å². The van der Waals surface area contributed by atoms with Crippen LogP contribution in [-0.4, -0.2) is 21.0 Å². The summed E-state index contributed by atoms with van der Waals surface area (Å²) < 4.78 is 0. The normalized spacial score (nSPS) is 10.1. The van der Waals surface area contributed by atoms with Crippen molar-refractivity contribution in [3.05, 3.63) is 45.9 Å². The van der Waals surface area contributed by atoms with E-state index in [0.717, 1.165) is 5.56 Å². The Morgan fingerprint density at radius 2 is 2.28 bits per heavy atom. The third kappa shape index (κ3) is 2.06. The van der Waals surface area contributed by atoms with Crippen LogP contribution in [0.5, 0.6) is 0 Å². The highest BCUT2D eigenvalue weighted by Gasteiger charge is 2.17. The van der Waals surface area contributed by atoms with Gasteiger partial charge in [-0.15, -0.1) is 11.6 Å². The van der Waals surface area contributed by atoms with E-state index < -0.39 is 5.97 Å². The molecule has 0 fully saturated rings. The second-order valence-corrected chi connectivity index (χ2v) is 4.05. The van der Waals surface area contributed by atoms with E-state index in [2.05, 4.69) is 14.8 Å². The van der Waals surface area contributed by atoms with Gasteiger partial charge in [0.2, 0.25) is 0 Å². The largest absolute Gasteiger partial charge is 0.478 e. The van der Waals surface area contributed by atoms with Gasteiger partial charge in [0, 0.05) is 5.56 Å². The number of aromatic amines is 1. The van der Waals surface area contributed by atoms with E-state index in [-0.39, 0.29) is 16.7 Å². The van der Waals surface area contributed by atoms with Gasteiger partial charge in [0.1, 0.15) is 0 Å². The molecule has 0 unspecified atom stereocenters. The van der Waals surface area contributed by atoms with Crippen molar-refractivity contribution in [2.75, 3.05) is 0 Å². The minimum Gasteiger partial charge on any atom is -0.478 e. The minimum atomic E-state index is -1.02. The number of aromatic nitrogens is 2. The Morgan fingerprint density at radius 3 is 2.83 bits per heavy atom. The summed E-state index contributed by atoms with van der Waals surface area (Å²) in [6.45, 7) is 8.68. The number of halogens is 1. The molecule has 0 atom stereocenters. The van der Waals surface area contributed by atoms with Crippen molar-refractivity contribution in [2.24, 2.45) is 0 Å². The molecule has 1 aromatic carbocycles. The number of benzene rings is 1. The number of aryl methyl sites for hydroxylation is 1. The van der Waals surface area contributed by atoms with E-state index in [1.54, 1.807) is 6.07 Å². The number of carbonyl (C=O) groups is 1. The molecule has 18 heavy (non-hydrogen) atoms. The molecule has 90 valence electrons. The van der Waals surface area contributed by atoms with Crippen LogP contribution in [0.2, 0.25) is 5.15 Å². The smallest absolute Gasteiger partial charge is 0.338 e. The van der Waals surface area contributed by atoms with E-state index in [1.807, 2.05) is 6.92 Å². The van der Waals surface area contributed by atoms with E-state index >= 15 is 0 Å². The molecule has 0 amide bonds. The van der Waals surface area contributed by atoms with Crippen molar-refractivity contribution in [1.29, 1.82) is 0 Å². The molecule has 0 saturated heterocycles. The minimum absolute atomic E-state index is 0.0788. The van der Waals surface area contributed by atoms with Gasteiger partial charge in [-0.1, -0.05) is 6.07 Å². The molecule has 0 aliphatic rings. The van der Waals surface area contributed by atoms with Gasteiger partial charge in [0.05, 0.1) is 5.56 Å². The first-order valence-corrected chi connectivity index (χ1v) is 5.38. The molecule has 2 aromatic rings. The summed E-state index contributed by atoms with van der Waals surface area (Å²) in [5.74, 6) is -0.941. The Balaban J connectivity index is 2.62. The number of nitrogens with one attached hydrogen (secondary N) is 1. The van der Waals surface area contributed by atoms with Gasteiger partial charge >= 0.3 is 11.9 Å². The lowest BCUT2D eigenvalue weighted by Gasteiger charge is -2.03. The number of nitrogens with zero attached hydrogens (tertiary/aromatic N) is 2. The van der Waals surface area contributed by atoms with Crippen molar-refractivity contribution < 1.29 is 9.90 Å². The topological polar surface area (TPSA) is 70.3 Å². The van der Waals surface area contributed by atoms with E-state index in [9.17, 15) is 4.79 Å². The maximum Gasteiger partial charge on any atom is 0.338 e. The molecule has 0 radical (unpaired) electrons. The van der Waals surface area contributed by atoms with Crippen LogP contribution in [0.3, 0.4) is 0 Å². The number of imidazole rings is 1. The Labute approximate surface area is 108 Å². The molecule has 0 aliphatic heterocycles. The lowest BCUT2D eigenvalue weighted by Crippen LogP contribution is -1.97. The first kappa shape index (κ1) is 12.1. The third-order valence-electron chi connectivity index (χ3n) is 2.49. The summed E-state index contributed by atoms with van der Waals surface area (Å²) in [6.07, 6.45) is 0. The van der Waals surface area contributed by atoms with Gasteiger partial charge in [0.15, 0.2) is 10.8 Å². The van der Waals surface area contributed by atoms with E-state index in [1.165, 1.54) is 12.1 Å². The lowest BCUT2D eigenvalue weighted by atomic mass is 10.0. The molecule has 0 bridgehead atoms. The quantitative estimate of drug-likeness (QED) is 0.815. The molecule has 6 heteroatoms. The number of hydrogen-bond donors (Lipinski definition) is 2. The number of aromatic carboxylic acids is 1. The average Bonchev–Trinajstić information content (AvgIpc) is 2.71. The van der Waals surface area contributed by atoms with Crippen molar-refractivity contribution in [3.63, 3.8) is 0 Å². The second-order valence-electron chi connectivity index (χ2n) is 3.67. The maximum absolute atomic E-state index is 10.9. The van der Waals surface area contributed by atoms with Crippen LogP contribution >= 0.6 is 11.6 Å². The predicted octanol–water partition coefficient (Wildman–Crippen LogP) is 3.29. The van der Waals surface area contributed by atoms with Gasteiger partial charge in [-0.25, -0.2) is 4.79 Å². The number of rotatable bonds is 2. The highest BCUT2D eigenvalue weighted by molar-refractivity contribution is 6.32. The summed E-state index contributed by atoms with van der Waals surface area (Å²) in [5, 5.41) is 9.19. The van der Waals surface area contributed by atoms with Gasteiger partial charge in [0.25, 0.3) is 0 Å². The summed E-state index contributed by atoms with van der Waals surface area (Å²) >= 11 is 5.95. The van der Waals surface area contributed by atoms with Crippen LogP contribution in [0.15, 0.2) is 18.2 Å². The van der Waals surface area contributed by atoms with Crippen LogP contribution in [0.1, 0.15) is 15.9 Å². The molecule has 1 heterocycles. The standard InChI is InChI=1S/C12H8ClN3O2/c1-6-3-4-7(11(17)18)5-8(6)9-10(13)16-12(14-2)15-9/h3-5H,1H3,(H,15,16)(H,17,18). The van der Waals surface area contributed by atoms with Crippen LogP contribution in [0.25, 0.3) is 16.1 Å². The lowest BCUT2D eigenvalue weighted by molar-refractivity contribution is 0.0697. The zero-order valence-corrected chi connectivity index (χ0v) is 10.1. The predicted molar refractivity (Wildman–Crippen MR) is 67.0 cm³/mol. The molecule has 0 saturated carbocycles. The molecular formula is C12H8ClN3O2. The maximum atomic E-state index is 10.9. The van der Waals surface area contributed by atoms with Gasteiger partial charge in [-0.2, -0.15) is 0 Å². The summed E-state index contributed by atoms with van der Waals surface area (Å²) in [7, 11) is 0. The fraction of sp³-hybridized carbons (Fsp3) is 0.0833. The van der Waals surface area contributed by atoms with Crippen molar-refractivity contribution in [1.82, 2.24) is 9.97 Å². The SMILES string of the molecule is [C-]#[N+]c1nc(-c2cc(C(=O)O)ccc2C)c(Cl)[nH]1. The van der Waals surface area contributed by atoms with Crippen molar-refractivity contribution in [3.8, 4) is 11.3 Å². The molecule has 1 aromatic heterocycles. The molecular weight excluding hydrogens is 254 g/mol. The van der Waals surface area contributed by atoms with E-state index in [0.29, 0.717) is 11.3 Å². The summed E-state index contributed by atoms with van der Waals surface area (Å²) in [5.41, 5.74) is 1.98. The highest BCUT2D eigenvalue weighted by Crippen LogP contribution is 2.31. The summed E-state index contributed by atoms with van der Waals surface area (Å²) in [6, 6.07) is 4.69. The number of H-pyrrole nitrogens is 1. The Morgan fingerprint density at radius 1 is 1.56 bits per heavy atom. The highest BCUT2D eigenvalue weighted by atomic mass is 35.5. The molecule has 5 nitrogen and oxygen atoms in total. The Bertz CT molecular complexity index is 670. The average molecular weight is 262 g/mol. The van der Waals surface area contributed by atoms with Crippen LogP contribution in [0.4, 0.5) is 5.95 Å². The third-order valence-corrected chi connectivity index (χ3v) is 2.77. The zero-order chi connectivity index (χ0) is 13.3. The number of hydrogen-bond acceptors (Lipinski definition) is 2. The Kier molecular flexibility index (Phi) is 3.04. The first-order chi connectivity index (χ1) is 8.52. The van der Waals surface area contributed by atoms with Crippen LogP contribution < -0.4 is 0 Å². The Hall–Kier alpha value is -2.32. The first-order valence-electron chi connectivity index (χ1n) is 5.00. The molecule has 2 N–H and O–H groups in total. The monoisotopic (exact) mass is 261 g/mol. The van der Waals surface area contributed by atoms with Crippen LogP contribution in [0, 0.1) is 13.5 Å². The number of carboxylic acid groups (broad SMARTS) is 1. The van der Waals surface area contributed by atoms with Crippen molar-refractivity contribution >= 4 is 23.5 Å². The van der Waals surface area contributed by atoms with Gasteiger partial charge < -0.3 is 9.95 Å². The summed E-state index contributed by atoms with van der Waals surface area (Å²) in [4.78, 5) is 20.7. The van der Waals surface area contributed by atoms with Crippen molar-refractivity contribution in [2.45, 2.75) is 6.92 Å².